The number of likely N-dealkylation sites (tertiary alicyclic amines) is 1. The van der Waals surface area contributed by atoms with Crippen LogP contribution in [0.5, 0.6) is 5.75 Å². The number of benzene rings is 2. The average Bonchev–Trinajstić information content (AvgIpc) is 3.51. The van der Waals surface area contributed by atoms with E-state index in [9.17, 15) is 0 Å². The first-order chi connectivity index (χ1) is 16.3. The predicted octanol–water partition coefficient (Wildman–Crippen LogP) is 7.59. The highest BCUT2D eigenvalue weighted by atomic mass is 35.5. The summed E-state index contributed by atoms with van der Waals surface area (Å²) in [7, 11) is 0. The van der Waals surface area contributed by atoms with Gasteiger partial charge < -0.3 is 9.64 Å². The zero-order chi connectivity index (χ0) is 22.7. The predicted molar refractivity (Wildman–Crippen MR) is 141 cm³/mol. The molecule has 0 atom stereocenters. The molecule has 1 N–H and O–H groups in total. The second kappa shape index (κ2) is 13.6. The molecule has 1 saturated heterocycles. The number of halogens is 1. The third-order valence-electron chi connectivity index (χ3n) is 7.20. The molecule has 180 valence electrons. The zero-order valence-corrected chi connectivity index (χ0v) is 21.4. The highest BCUT2D eigenvalue weighted by molar-refractivity contribution is 7.97. The number of hydrogen-bond donors (Lipinski definition) is 1. The Labute approximate surface area is 209 Å². The fraction of sp³-hybridized carbons (Fsp3) is 0.571. The summed E-state index contributed by atoms with van der Waals surface area (Å²) < 4.78 is 9.46. The maximum absolute atomic E-state index is 6.05. The summed E-state index contributed by atoms with van der Waals surface area (Å²) in [4.78, 5) is 3.71. The monoisotopic (exact) mass is 486 g/mol. The molecule has 0 spiro atoms. The van der Waals surface area contributed by atoms with Gasteiger partial charge in [0, 0.05) is 28.6 Å². The smallest absolute Gasteiger partial charge is 0.123 e. The van der Waals surface area contributed by atoms with E-state index >= 15 is 0 Å². The molecule has 1 heterocycles. The van der Waals surface area contributed by atoms with Gasteiger partial charge in [0.05, 0.1) is 6.61 Å². The van der Waals surface area contributed by atoms with Gasteiger partial charge >= 0.3 is 0 Å². The number of para-hydroxylation sites is 1. The third kappa shape index (κ3) is 8.51. The largest absolute Gasteiger partial charge is 0.493 e. The van der Waals surface area contributed by atoms with Crippen molar-refractivity contribution in [2.24, 2.45) is 11.8 Å². The van der Waals surface area contributed by atoms with Crippen LogP contribution in [0.4, 0.5) is 0 Å². The SMILES string of the molecule is C1CC2CCC1C2.Clc1ccc(SNCc2ccccc2OCCCN2CCCCC2)cc1. The van der Waals surface area contributed by atoms with Crippen LogP contribution >= 0.6 is 23.5 Å². The summed E-state index contributed by atoms with van der Waals surface area (Å²) in [5.74, 6) is 3.32. The normalized spacial score (nSPS) is 22.1. The van der Waals surface area contributed by atoms with Crippen molar-refractivity contribution in [3.05, 3.63) is 59.1 Å². The van der Waals surface area contributed by atoms with Crippen LogP contribution in [-0.4, -0.2) is 31.1 Å². The standard InChI is InChI=1S/C21H27ClN2OS.C7H12/c22-19-9-11-20(12-10-19)26-23-17-18-7-2-3-8-21(18)25-16-6-15-24-13-4-1-5-14-24;1-2-7-4-3-6(1)5-7/h2-3,7-12,23H,1,4-6,13-17H2;6-7H,1-5H2. The molecule has 3 aliphatic rings. The van der Waals surface area contributed by atoms with Gasteiger partial charge in [0.25, 0.3) is 0 Å². The molecule has 5 heteroatoms. The van der Waals surface area contributed by atoms with E-state index in [2.05, 4.69) is 27.8 Å². The van der Waals surface area contributed by atoms with Gasteiger partial charge in [-0.25, -0.2) is 0 Å². The van der Waals surface area contributed by atoms with E-state index in [1.807, 2.05) is 30.3 Å². The number of fused-ring (bicyclic) bond motifs is 2. The number of piperidine rings is 1. The Balaban J connectivity index is 0.000000310. The summed E-state index contributed by atoms with van der Waals surface area (Å²) >= 11 is 7.53. The summed E-state index contributed by atoms with van der Waals surface area (Å²) in [6.45, 7) is 5.19. The molecule has 33 heavy (non-hydrogen) atoms. The first-order valence-corrected chi connectivity index (χ1v) is 14.0. The molecule has 0 radical (unpaired) electrons. The highest BCUT2D eigenvalue weighted by Crippen LogP contribution is 2.43. The van der Waals surface area contributed by atoms with Crippen LogP contribution in [0.3, 0.4) is 0 Å². The zero-order valence-electron chi connectivity index (χ0n) is 19.8. The number of nitrogens with zero attached hydrogens (tertiary/aromatic N) is 1. The second-order valence-corrected chi connectivity index (χ2v) is 11.1. The third-order valence-corrected chi connectivity index (χ3v) is 8.25. The lowest BCUT2D eigenvalue weighted by Gasteiger charge is -2.26. The Hall–Kier alpha value is -1.20. The molecule has 1 aliphatic heterocycles. The molecule has 3 nitrogen and oxygen atoms in total. The average molecular weight is 487 g/mol. The van der Waals surface area contributed by atoms with Gasteiger partial charge in [-0.05, 0) is 92.9 Å². The van der Waals surface area contributed by atoms with Gasteiger partial charge in [-0.15, -0.1) is 0 Å². The Bertz CT molecular complexity index is 807. The fourth-order valence-corrected chi connectivity index (χ4v) is 6.11. The summed E-state index contributed by atoms with van der Waals surface area (Å²) in [6, 6.07) is 16.1. The lowest BCUT2D eigenvalue weighted by atomic mass is 10.0. The Morgan fingerprint density at radius 2 is 1.61 bits per heavy atom. The fourth-order valence-electron chi connectivity index (χ4n) is 5.32. The Kier molecular flexibility index (Phi) is 10.3. The summed E-state index contributed by atoms with van der Waals surface area (Å²) in [5, 5.41) is 0.762. The van der Waals surface area contributed by atoms with Crippen molar-refractivity contribution >= 4 is 23.5 Å². The van der Waals surface area contributed by atoms with Crippen molar-refractivity contribution in [1.82, 2.24) is 9.62 Å². The van der Waals surface area contributed by atoms with Crippen LogP contribution in [0.25, 0.3) is 0 Å². The van der Waals surface area contributed by atoms with Crippen molar-refractivity contribution in [3.8, 4) is 5.75 Å². The van der Waals surface area contributed by atoms with Crippen LogP contribution < -0.4 is 9.46 Å². The van der Waals surface area contributed by atoms with E-state index in [0.29, 0.717) is 0 Å². The molecule has 0 unspecified atom stereocenters. The van der Waals surface area contributed by atoms with Gasteiger partial charge in [0.15, 0.2) is 0 Å². The number of nitrogens with one attached hydrogen (secondary N) is 1. The maximum atomic E-state index is 6.05. The van der Waals surface area contributed by atoms with Crippen LogP contribution in [0.2, 0.25) is 5.02 Å². The lowest BCUT2D eigenvalue weighted by molar-refractivity contribution is 0.204. The number of hydrogen-bond acceptors (Lipinski definition) is 4. The highest BCUT2D eigenvalue weighted by Gasteiger charge is 2.30. The van der Waals surface area contributed by atoms with E-state index in [0.717, 1.165) is 41.8 Å². The minimum absolute atomic E-state index is 0.760. The molecular formula is C28H39ClN2OS. The van der Waals surface area contributed by atoms with Gasteiger partial charge in [0.2, 0.25) is 0 Å². The van der Waals surface area contributed by atoms with E-state index in [4.69, 9.17) is 16.3 Å². The van der Waals surface area contributed by atoms with Crippen molar-refractivity contribution in [2.75, 3.05) is 26.2 Å². The molecule has 2 bridgehead atoms. The van der Waals surface area contributed by atoms with Gasteiger partial charge in [-0.2, -0.15) is 0 Å². The molecule has 0 amide bonds. The van der Waals surface area contributed by atoms with Crippen LogP contribution in [0.15, 0.2) is 53.4 Å². The van der Waals surface area contributed by atoms with Crippen molar-refractivity contribution < 1.29 is 4.74 Å². The molecule has 2 saturated carbocycles. The van der Waals surface area contributed by atoms with Crippen LogP contribution in [0.1, 0.15) is 63.4 Å². The first-order valence-electron chi connectivity index (χ1n) is 12.8. The number of rotatable bonds is 9. The van der Waals surface area contributed by atoms with Gasteiger partial charge in [-0.1, -0.05) is 61.9 Å². The van der Waals surface area contributed by atoms with E-state index in [1.165, 1.54) is 49.8 Å². The van der Waals surface area contributed by atoms with E-state index in [-0.39, 0.29) is 0 Å². The molecular weight excluding hydrogens is 448 g/mol. The number of ether oxygens (including phenoxy) is 1. The molecule has 3 fully saturated rings. The molecule has 5 rings (SSSR count). The Morgan fingerprint density at radius 3 is 2.27 bits per heavy atom. The van der Waals surface area contributed by atoms with E-state index in [1.54, 1.807) is 44.1 Å². The van der Waals surface area contributed by atoms with Crippen molar-refractivity contribution in [3.63, 3.8) is 0 Å². The first kappa shape index (κ1) is 24.9. The molecule has 2 aromatic carbocycles. The lowest BCUT2D eigenvalue weighted by Crippen LogP contribution is -2.31. The molecule has 0 aromatic heterocycles. The molecule has 2 aromatic rings. The summed E-state index contributed by atoms with van der Waals surface area (Å²) in [5.41, 5.74) is 1.19. The van der Waals surface area contributed by atoms with Gasteiger partial charge in [0.1, 0.15) is 5.75 Å². The Morgan fingerprint density at radius 1 is 0.909 bits per heavy atom. The minimum Gasteiger partial charge on any atom is -0.493 e. The van der Waals surface area contributed by atoms with Crippen molar-refractivity contribution in [2.45, 2.75) is 69.2 Å². The van der Waals surface area contributed by atoms with Crippen molar-refractivity contribution in [1.29, 1.82) is 0 Å². The van der Waals surface area contributed by atoms with Crippen LogP contribution in [0, 0.1) is 11.8 Å². The second-order valence-electron chi connectivity index (χ2n) is 9.71. The minimum atomic E-state index is 0.760. The van der Waals surface area contributed by atoms with E-state index < -0.39 is 0 Å². The quantitative estimate of drug-likeness (QED) is 0.291. The topological polar surface area (TPSA) is 24.5 Å². The van der Waals surface area contributed by atoms with Gasteiger partial charge in [-0.3, -0.25) is 4.72 Å². The summed E-state index contributed by atoms with van der Waals surface area (Å²) in [6.07, 6.45) is 13.0. The molecule has 2 aliphatic carbocycles. The maximum Gasteiger partial charge on any atom is 0.123 e. The van der Waals surface area contributed by atoms with Crippen LogP contribution in [-0.2, 0) is 6.54 Å².